The molecule has 11 heavy (non-hydrogen) atoms. The highest BCUT2D eigenvalue weighted by Gasteiger charge is 2.25. The third-order valence-electron chi connectivity index (χ3n) is 1.71. The molecule has 0 N–H and O–H groups in total. The molecule has 0 fully saturated rings. The van der Waals surface area contributed by atoms with E-state index in [2.05, 4.69) is 26.8 Å². The maximum Gasteiger partial charge on any atom is 0.141 e. The van der Waals surface area contributed by atoms with Gasteiger partial charge in [-0.3, -0.25) is 0 Å². The molecular weight excluding hydrogens is 174 g/mol. The van der Waals surface area contributed by atoms with Gasteiger partial charge in [0, 0.05) is 17.5 Å². The summed E-state index contributed by atoms with van der Waals surface area (Å²) in [5, 5.41) is 0. The molecule has 3 heteroatoms. The second kappa shape index (κ2) is 2.79. The van der Waals surface area contributed by atoms with E-state index in [1.165, 1.54) is 5.70 Å². The molecule has 0 bridgehead atoms. The molecule has 0 aromatic rings. The molecular formula is C8H13NS2. The van der Waals surface area contributed by atoms with Crippen molar-refractivity contribution in [1.29, 1.82) is 0 Å². The molecule has 0 aromatic heterocycles. The highest BCUT2D eigenvalue weighted by molar-refractivity contribution is 8.23. The van der Waals surface area contributed by atoms with E-state index in [0.29, 0.717) is 0 Å². The largest absolute Gasteiger partial charge is 0.335 e. The van der Waals surface area contributed by atoms with Crippen molar-refractivity contribution in [3.05, 3.63) is 11.8 Å². The van der Waals surface area contributed by atoms with Gasteiger partial charge in [0.25, 0.3) is 0 Å². The fourth-order valence-electron chi connectivity index (χ4n) is 1.07. The van der Waals surface area contributed by atoms with Gasteiger partial charge in [-0.1, -0.05) is 24.0 Å². The van der Waals surface area contributed by atoms with Crippen LogP contribution in [0.25, 0.3) is 0 Å². The van der Waals surface area contributed by atoms with Gasteiger partial charge in [-0.15, -0.1) is 0 Å². The van der Waals surface area contributed by atoms with E-state index in [1.54, 1.807) is 11.8 Å². The van der Waals surface area contributed by atoms with E-state index in [0.717, 1.165) is 4.32 Å². The number of hydrogen-bond acceptors (Lipinski definition) is 2. The van der Waals surface area contributed by atoms with E-state index in [-0.39, 0.29) is 4.75 Å². The van der Waals surface area contributed by atoms with Gasteiger partial charge >= 0.3 is 0 Å². The third-order valence-corrected chi connectivity index (χ3v) is 3.33. The Morgan fingerprint density at radius 3 is 2.55 bits per heavy atom. The minimum absolute atomic E-state index is 0.174. The summed E-state index contributed by atoms with van der Waals surface area (Å²) in [4.78, 5) is 2.05. The standard InChI is InChI=1S/C8H13NS2/c1-6-5-8(2,3)11-7(10)9(6)4/h5H,1-4H3. The SMILES string of the molecule is CC1=CC(C)(C)SC(=S)N1C. The van der Waals surface area contributed by atoms with Crippen LogP contribution in [-0.2, 0) is 0 Å². The highest BCUT2D eigenvalue weighted by Crippen LogP contribution is 2.34. The molecule has 0 saturated heterocycles. The van der Waals surface area contributed by atoms with Gasteiger partial charge < -0.3 is 4.90 Å². The normalized spacial score (nSPS) is 23.5. The van der Waals surface area contributed by atoms with Crippen molar-refractivity contribution < 1.29 is 0 Å². The fourth-order valence-corrected chi connectivity index (χ4v) is 2.82. The molecule has 1 aliphatic rings. The number of thioether (sulfide) groups is 1. The first-order valence-electron chi connectivity index (χ1n) is 3.58. The lowest BCUT2D eigenvalue weighted by atomic mass is 10.1. The summed E-state index contributed by atoms with van der Waals surface area (Å²) in [5.41, 5.74) is 1.25. The second-order valence-electron chi connectivity index (χ2n) is 3.32. The Hall–Kier alpha value is -0.0200. The molecule has 0 aromatic carbocycles. The van der Waals surface area contributed by atoms with E-state index in [4.69, 9.17) is 12.2 Å². The van der Waals surface area contributed by atoms with Crippen LogP contribution in [0.15, 0.2) is 11.8 Å². The predicted molar refractivity (Wildman–Crippen MR) is 55.8 cm³/mol. The molecule has 0 unspecified atom stereocenters. The van der Waals surface area contributed by atoms with Crippen LogP contribution in [0.5, 0.6) is 0 Å². The van der Waals surface area contributed by atoms with E-state index >= 15 is 0 Å². The predicted octanol–water partition coefficient (Wildman–Crippen LogP) is 2.63. The average molecular weight is 187 g/mol. The van der Waals surface area contributed by atoms with Crippen LogP contribution in [0.1, 0.15) is 20.8 Å². The lowest BCUT2D eigenvalue weighted by Gasteiger charge is -2.33. The lowest BCUT2D eigenvalue weighted by Crippen LogP contribution is -2.31. The Morgan fingerprint density at radius 2 is 2.09 bits per heavy atom. The maximum absolute atomic E-state index is 5.20. The van der Waals surface area contributed by atoms with E-state index in [1.807, 2.05) is 11.9 Å². The van der Waals surface area contributed by atoms with Crippen LogP contribution >= 0.6 is 24.0 Å². The van der Waals surface area contributed by atoms with Crippen molar-refractivity contribution >= 4 is 28.3 Å². The first kappa shape index (κ1) is 9.07. The lowest BCUT2D eigenvalue weighted by molar-refractivity contribution is 0.628. The zero-order valence-corrected chi connectivity index (χ0v) is 8.97. The summed E-state index contributed by atoms with van der Waals surface area (Å²) < 4.78 is 1.14. The summed E-state index contributed by atoms with van der Waals surface area (Å²) in [6, 6.07) is 0. The quantitative estimate of drug-likeness (QED) is 0.537. The topological polar surface area (TPSA) is 3.24 Å². The van der Waals surface area contributed by atoms with Crippen LogP contribution in [0.3, 0.4) is 0 Å². The molecule has 0 amide bonds. The maximum atomic E-state index is 5.20. The second-order valence-corrected chi connectivity index (χ2v) is 5.60. The van der Waals surface area contributed by atoms with Gasteiger partial charge in [0.15, 0.2) is 0 Å². The summed E-state index contributed by atoms with van der Waals surface area (Å²) in [6.45, 7) is 6.45. The van der Waals surface area contributed by atoms with Crippen molar-refractivity contribution in [2.45, 2.75) is 25.5 Å². The zero-order valence-electron chi connectivity index (χ0n) is 7.34. The molecule has 0 radical (unpaired) electrons. The summed E-state index contributed by atoms with van der Waals surface area (Å²) in [5.74, 6) is 0. The summed E-state index contributed by atoms with van der Waals surface area (Å²) in [6.07, 6.45) is 2.24. The zero-order chi connectivity index (χ0) is 8.65. The Bertz CT molecular complexity index is 218. The molecule has 1 nitrogen and oxygen atoms in total. The van der Waals surface area contributed by atoms with Crippen LogP contribution in [-0.4, -0.2) is 21.0 Å². The van der Waals surface area contributed by atoms with Crippen LogP contribution in [0.2, 0.25) is 0 Å². The number of allylic oxidation sites excluding steroid dienone is 1. The van der Waals surface area contributed by atoms with Crippen molar-refractivity contribution in [2.75, 3.05) is 7.05 Å². The molecule has 0 spiro atoms. The van der Waals surface area contributed by atoms with E-state index < -0.39 is 0 Å². The first-order valence-corrected chi connectivity index (χ1v) is 4.81. The summed E-state index contributed by atoms with van der Waals surface area (Å²) in [7, 11) is 2.01. The van der Waals surface area contributed by atoms with Crippen molar-refractivity contribution in [3.8, 4) is 0 Å². The molecule has 0 aliphatic carbocycles. The van der Waals surface area contributed by atoms with Gasteiger partial charge in [0.05, 0.1) is 0 Å². The third kappa shape index (κ3) is 1.97. The fraction of sp³-hybridized carbons (Fsp3) is 0.625. The average Bonchev–Trinajstić information content (AvgIpc) is 1.81. The van der Waals surface area contributed by atoms with Crippen LogP contribution in [0, 0.1) is 0 Å². The van der Waals surface area contributed by atoms with Crippen molar-refractivity contribution in [1.82, 2.24) is 4.90 Å². The number of rotatable bonds is 0. The Labute approximate surface area is 77.8 Å². The van der Waals surface area contributed by atoms with Gasteiger partial charge in [0.2, 0.25) is 0 Å². The molecule has 1 heterocycles. The Kier molecular flexibility index (Phi) is 2.30. The monoisotopic (exact) mass is 187 g/mol. The molecule has 1 rings (SSSR count). The number of hydrogen-bond donors (Lipinski definition) is 0. The number of thiocarbonyl (C=S) groups is 1. The Balaban J connectivity index is 2.94. The molecule has 0 atom stereocenters. The van der Waals surface area contributed by atoms with Crippen LogP contribution < -0.4 is 0 Å². The van der Waals surface area contributed by atoms with Gasteiger partial charge in [0.1, 0.15) is 4.32 Å². The first-order chi connectivity index (χ1) is 4.92. The van der Waals surface area contributed by atoms with Crippen LogP contribution in [0.4, 0.5) is 0 Å². The van der Waals surface area contributed by atoms with E-state index in [9.17, 15) is 0 Å². The minimum Gasteiger partial charge on any atom is -0.335 e. The van der Waals surface area contributed by atoms with Gasteiger partial charge in [-0.2, -0.15) is 0 Å². The van der Waals surface area contributed by atoms with Gasteiger partial charge in [-0.05, 0) is 26.8 Å². The summed E-state index contributed by atoms with van der Waals surface area (Å²) >= 11 is 6.94. The number of nitrogens with zero attached hydrogens (tertiary/aromatic N) is 1. The van der Waals surface area contributed by atoms with Crippen molar-refractivity contribution in [3.63, 3.8) is 0 Å². The molecule has 62 valence electrons. The van der Waals surface area contributed by atoms with Gasteiger partial charge in [-0.25, -0.2) is 0 Å². The highest BCUT2D eigenvalue weighted by atomic mass is 32.2. The molecule has 1 aliphatic heterocycles. The van der Waals surface area contributed by atoms with Crippen molar-refractivity contribution in [2.24, 2.45) is 0 Å². The minimum atomic E-state index is 0.174. The Morgan fingerprint density at radius 1 is 1.55 bits per heavy atom. The molecule has 0 saturated carbocycles. The smallest absolute Gasteiger partial charge is 0.141 e.